The molecule has 0 radical (unpaired) electrons. The first kappa shape index (κ1) is 21.8. The number of carbonyl (C=O) groups is 1. The molecule has 0 spiro atoms. The molecular formula is C20H26F4N6O. The van der Waals surface area contributed by atoms with Gasteiger partial charge in [-0.2, -0.15) is 5.10 Å². The number of amides is 1. The van der Waals surface area contributed by atoms with Gasteiger partial charge in [-0.3, -0.25) is 4.79 Å². The average Bonchev–Trinajstić information content (AvgIpc) is 3.12. The number of piperidine rings is 1. The molecule has 2 aromatic rings. The Morgan fingerprint density at radius 3 is 2.68 bits per heavy atom. The normalized spacial score (nSPS) is 24.7. The number of nitrogens with one attached hydrogen (secondary N) is 2. The summed E-state index contributed by atoms with van der Waals surface area (Å²) in [6.45, 7) is -0.649. The molecular weight excluding hydrogens is 416 g/mol. The zero-order chi connectivity index (χ0) is 22.4. The monoisotopic (exact) mass is 442 g/mol. The van der Waals surface area contributed by atoms with Gasteiger partial charge >= 0.3 is 0 Å². The number of nitrogens with two attached hydrogens (primary N) is 1. The van der Waals surface area contributed by atoms with Gasteiger partial charge in [0.05, 0.1) is 35.9 Å². The van der Waals surface area contributed by atoms with Crippen molar-refractivity contribution in [2.24, 2.45) is 17.6 Å². The van der Waals surface area contributed by atoms with E-state index in [0.29, 0.717) is 35.6 Å². The van der Waals surface area contributed by atoms with E-state index >= 15 is 0 Å². The first-order valence-electron chi connectivity index (χ1n) is 10.4. The third-order valence-electron chi connectivity index (χ3n) is 6.30. The fraction of sp³-hybridized carbons (Fsp3) is 0.650. The molecule has 31 heavy (non-hydrogen) atoms. The summed E-state index contributed by atoms with van der Waals surface area (Å²) in [6.07, 6.45) is 1.45. The zero-order valence-electron chi connectivity index (χ0n) is 17.2. The highest BCUT2D eigenvalue weighted by molar-refractivity contribution is 5.80. The summed E-state index contributed by atoms with van der Waals surface area (Å²) in [5, 5.41) is 9.71. The number of rotatable bonds is 5. The van der Waals surface area contributed by atoms with Crippen LogP contribution in [0.25, 0.3) is 5.65 Å². The highest BCUT2D eigenvalue weighted by atomic mass is 19.3. The maximum Gasteiger partial charge on any atom is 0.265 e. The molecule has 1 saturated carbocycles. The molecule has 1 aliphatic heterocycles. The lowest BCUT2D eigenvalue weighted by Gasteiger charge is -2.31. The first-order valence-corrected chi connectivity index (χ1v) is 10.4. The Kier molecular flexibility index (Phi) is 5.57. The highest BCUT2D eigenvalue weighted by Gasteiger charge is 2.41. The molecule has 2 aromatic heterocycles. The topological polar surface area (TPSA) is 97.3 Å². The number of carbonyl (C=O) groups excluding carboxylic acids is 1. The summed E-state index contributed by atoms with van der Waals surface area (Å²) < 4.78 is 55.9. The fourth-order valence-corrected chi connectivity index (χ4v) is 4.45. The van der Waals surface area contributed by atoms with Crippen molar-refractivity contribution >= 4 is 17.2 Å². The number of hydrogen-bond donors (Lipinski definition) is 3. The molecule has 3 heterocycles. The summed E-state index contributed by atoms with van der Waals surface area (Å²) in [4.78, 5) is 16.6. The molecule has 170 valence electrons. The minimum Gasteiger partial charge on any atom is -0.386 e. The van der Waals surface area contributed by atoms with E-state index in [1.165, 1.54) is 4.52 Å². The van der Waals surface area contributed by atoms with Crippen LogP contribution in [0.2, 0.25) is 0 Å². The van der Waals surface area contributed by atoms with Crippen LogP contribution in [0.5, 0.6) is 0 Å². The molecule has 1 unspecified atom stereocenters. The molecule has 1 saturated heterocycles. The van der Waals surface area contributed by atoms with Gasteiger partial charge in [0, 0.05) is 44.7 Å². The van der Waals surface area contributed by atoms with Crippen LogP contribution in [0.1, 0.15) is 49.5 Å². The lowest BCUT2D eigenvalue weighted by molar-refractivity contribution is -0.136. The van der Waals surface area contributed by atoms with Crippen molar-refractivity contribution < 1.29 is 22.4 Å². The summed E-state index contributed by atoms with van der Waals surface area (Å²) >= 11 is 0. The van der Waals surface area contributed by atoms with Crippen molar-refractivity contribution in [1.29, 1.82) is 0 Å². The Morgan fingerprint density at radius 2 is 2.00 bits per heavy atom. The lowest BCUT2D eigenvalue weighted by Crippen LogP contribution is -2.48. The number of anilines is 1. The average molecular weight is 442 g/mol. The molecule has 7 nitrogen and oxygen atoms in total. The van der Waals surface area contributed by atoms with E-state index in [1.54, 1.807) is 19.3 Å². The molecule has 4 rings (SSSR count). The van der Waals surface area contributed by atoms with Crippen LogP contribution in [-0.4, -0.2) is 45.9 Å². The van der Waals surface area contributed by atoms with E-state index in [-0.39, 0.29) is 25.2 Å². The number of fused-ring (bicyclic) bond motifs is 1. The SMILES string of the molecule is CNc1cc2nc([C@@H](N)C3CCC(F)(F)CC3)cn2nc1CC1CC(F)(F)CNC1=O. The van der Waals surface area contributed by atoms with Crippen LogP contribution < -0.4 is 16.4 Å². The van der Waals surface area contributed by atoms with E-state index in [2.05, 4.69) is 20.7 Å². The second-order valence-electron chi connectivity index (χ2n) is 8.62. The van der Waals surface area contributed by atoms with Crippen molar-refractivity contribution in [2.75, 3.05) is 18.9 Å². The minimum atomic E-state index is -2.95. The lowest BCUT2D eigenvalue weighted by atomic mass is 9.81. The van der Waals surface area contributed by atoms with Crippen molar-refractivity contribution in [3.05, 3.63) is 23.7 Å². The Hall–Kier alpha value is -2.43. The molecule has 1 amide bonds. The molecule has 1 aliphatic carbocycles. The standard InChI is InChI=1S/C20H26F4N6O/c1-26-13-7-16-28-15(17(25)11-2-4-19(21,22)5-3-11)9-30(16)29-14(13)6-12-8-20(23,24)10-27-18(12)31/h7,9,11-12,17,26H,2-6,8,10,25H2,1H3,(H,27,31)/t12?,17-/m0/s1. The van der Waals surface area contributed by atoms with Gasteiger partial charge in [-0.15, -0.1) is 0 Å². The molecule has 2 fully saturated rings. The van der Waals surface area contributed by atoms with Crippen molar-refractivity contribution in [3.8, 4) is 0 Å². The van der Waals surface area contributed by atoms with E-state index in [4.69, 9.17) is 5.73 Å². The van der Waals surface area contributed by atoms with Crippen molar-refractivity contribution in [1.82, 2.24) is 19.9 Å². The van der Waals surface area contributed by atoms with Gasteiger partial charge in [-0.25, -0.2) is 27.1 Å². The van der Waals surface area contributed by atoms with Crippen LogP contribution in [-0.2, 0) is 11.2 Å². The van der Waals surface area contributed by atoms with Crippen LogP contribution in [0.3, 0.4) is 0 Å². The van der Waals surface area contributed by atoms with Crippen LogP contribution >= 0.6 is 0 Å². The molecule has 11 heteroatoms. The quantitative estimate of drug-likeness (QED) is 0.619. The maximum atomic E-state index is 13.8. The van der Waals surface area contributed by atoms with E-state index in [0.717, 1.165) is 0 Å². The van der Waals surface area contributed by atoms with Crippen LogP contribution in [0.4, 0.5) is 23.2 Å². The second kappa shape index (κ2) is 7.92. The third kappa shape index (κ3) is 4.60. The smallest absolute Gasteiger partial charge is 0.265 e. The number of aromatic nitrogens is 3. The minimum absolute atomic E-state index is 0.0464. The van der Waals surface area contributed by atoms with Gasteiger partial charge in [-0.1, -0.05) is 0 Å². The Balaban J connectivity index is 1.57. The summed E-state index contributed by atoms with van der Waals surface area (Å²) in [7, 11) is 1.67. The second-order valence-corrected chi connectivity index (χ2v) is 8.62. The van der Waals surface area contributed by atoms with Gasteiger partial charge in [-0.05, 0) is 18.8 Å². The van der Waals surface area contributed by atoms with Gasteiger partial charge in [0.25, 0.3) is 5.92 Å². The van der Waals surface area contributed by atoms with Crippen LogP contribution in [0, 0.1) is 11.8 Å². The molecule has 2 atom stereocenters. The van der Waals surface area contributed by atoms with Gasteiger partial charge in [0.2, 0.25) is 11.8 Å². The Bertz CT molecular complexity index is 968. The number of alkyl halides is 4. The van der Waals surface area contributed by atoms with E-state index < -0.39 is 42.7 Å². The summed E-state index contributed by atoms with van der Waals surface area (Å²) in [5.74, 6) is -6.99. The predicted octanol–water partition coefficient (Wildman–Crippen LogP) is 2.91. The number of imidazole rings is 1. The third-order valence-corrected chi connectivity index (χ3v) is 6.30. The highest BCUT2D eigenvalue weighted by Crippen LogP contribution is 2.40. The molecule has 2 aliphatic rings. The van der Waals surface area contributed by atoms with E-state index in [1.807, 2.05) is 0 Å². The zero-order valence-corrected chi connectivity index (χ0v) is 17.2. The van der Waals surface area contributed by atoms with Gasteiger partial charge < -0.3 is 16.4 Å². The van der Waals surface area contributed by atoms with E-state index in [9.17, 15) is 22.4 Å². The maximum absolute atomic E-state index is 13.8. The molecule has 0 bridgehead atoms. The largest absolute Gasteiger partial charge is 0.386 e. The number of nitrogens with zero attached hydrogens (tertiary/aromatic N) is 3. The first-order chi connectivity index (χ1) is 14.6. The van der Waals surface area contributed by atoms with Gasteiger partial charge in [0.1, 0.15) is 0 Å². The Morgan fingerprint density at radius 1 is 1.29 bits per heavy atom. The van der Waals surface area contributed by atoms with Crippen molar-refractivity contribution in [3.63, 3.8) is 0 Å². The number of hydrogen-bond acceptors (Lipinski definition) is 5. The predicted molar refractivity (Wildman–Crippen MR) is 106 cm³/mol. The Labute approximate surface area is 176 Å². The van der Waals surface area contributed by atoms with Crippen LogP contribution in [0.15, 0.2) is 12.3 Å². The van der Waals surface area contributed by atoms with Gasteiger partial charge in [0.15, 0.2) is 5.65 Å². The fourth-order valence-electron chi connectivity index (χ4n) is 4.45. The molecule has 0 aromatic carbocycles. The summed E-state index contributed by atoms with van der Waals surface area (Å²) in [5.41, 5.74) is 8.41. The molecule has 4 N–H and O–H groups in total. The summed E-state index contributed by atoms with van der Waals surface area (Å²) in [6, 6.07) is 1.22. The number of halogens is 4. The van der Waals surface area contributed by atoms with Crippen molar-refractivity contribution in [2.45, 2.75) is 56.4 Å².